The topological polar surface area (TPSA) is 18.5 Å². The zero-order chi connectivity index (χ0) is 10.4. The first-order valence-corrected chi connectivity index (χ1v) is 4.75. The van der Waals surface area contributed by atoms with Crippen LogP contribution in [0.15, 0.2) is 24.3 Å². The molecule has 2 nitrogen and oxygen atoms in total. The van der Waals surface area contributed by atoms with Gasteiger partial charge in [-0.3, -0.25) is 0 Å². The quantitative estimate of drug-likeness (QED) is 0.729. The minimum absolute atomic E-state index is 0.677. The van der Waals surface area contributed by atoms with Crippen molar-refractivity contribution in [2.45, 2.75) is 13.8 Å². The van der Waals surface area contributed by atoms with Crippen LogP contribution in [0, 0.1) is 0 Å². The van der Waals surface area contributed by atoms with Gasteiger partial charge in [-0.15, -0.1) is 0 Å². The molecular formula is C12H16O2. The van der Waals surface area contributed by atoms with Crippen LogP contribution in [-0.2, 0) is 0 Å². The summed E-state index contributed by atoms with van der Waals surface area (Å²) in [4.78, 5) is 0. The smallest absolute Gasteiger partial charge is 0.126 e. The molecule has 1 rings (SSSR count). The molecule has 0 N–H and O–H groups in total. The van der Waals surface area contributed by atoms with Crippen LogP contribution in [0.2, 0.25) is 0 Å². The van der Waals surface area contributed by atoms with Gasteiger partial charge in [-0.1, -0.05) is 12.2 Å². The van der Waals surface area contributed by atoms with Crippen LogP contribution in [0.4, 0.5) is 0 Å². The van der Waals surface area contributed by atoms with Crippen LogP contribution < -0.4 is 9.47 Å². The van der Waals surface area contributed by atoms with Crippen molar-refractivity contribution in [1.29, 1.82) is 0 Å². The van der Waals surface area contributed by atoms with E-state index in [0.29, 0.717) is 6.61 Å². The van der Waals surface area contributed by atoms with Gasteiger partial charge in [0.2, 0.25) is 0 Å². The minimum Gasteiger partial charge on any atom is -0.497 e. The molecule has 14 heavy (non-hydrogen) atoms. The fourth-order valence-electron chi connectivity index (χ4n) is 1.25. The third-order valence-corrected chi connectivity index (χ3v) is 1.86. The lowest BCUT2D eigenvalue weighted by Gasteiger charge is -2.08. The summed E-state index contributed by atoms with van der Waals surface area (Å²) in [5.74, 6) is 1.74. The van der Waals surface area contributed by atoms with E-state index < -0.39 is 0 Å². The molecule has 2 heteroatoms. The third kappa shape index (κ3) is 2.52. The molecule has 0 spiro atoms. The monoisotopic (exact) mass is 192 g/mol. The van der Waals surface area contributed by atoms with Gasteiger partial charge in [0.05, 0.1) is 13.7 Å². The van der Waals surface area contributed by atoms with Crippen LogP contribution in [-0.4, -0.2) is 13.7 Å². The lowest BCUT2D eigenvalue weighted by Crippen LogP contribution is -1.94. The molecule has 0 aromatic heterocycles. The van der Waals surface area contributed by atoms with Crippen molar-refractivity contribution in [3.8, 4) is 11.5 Å². The van der Waals surface area contributed by atoms with Gasteiger partial charge in [0.15, 0.2) is 0 Å². The highest BCUT2D eigenvalue weighted by Crippen LogP contribution is 2.25. The maximum Gasteiger partial charge on any atom is 0.126 e. The molecule has 0 saturated carbocycles. The van der Waals surface area contributed by atoms with Crippen molar-refractivity contribution < 1.29 is 9.47 Å². The number of ether oxygens (including phenoxy) is 2. The number of rotatable bonds is 4. The second kappa shape index (κ2) is 5.32. The first-order chi connectivity index (χ1) is 6.81. The van der Waals surface area contributed by atoms with Gasteiger partial charge in [0, 0.05) is 5.56 Å². The lowest BCUT2D eigenvalue weighted by atomic mass is 10.2. The maximum absolute atomic E-state index is 5.48. The fourth-order valence-corrected chi connectivity index (χ4v) is 1.25. The summed E-state index contributed by atoms with van der Waals surface area (Å²) in [5.41, 5.74) is 1.05. The van der Waals surface area contributed by atoms with Gasteiger partial charge in [-0.2, -0.15) is 0 Å². The van der Waals surface area contributed by atoms with Crippen LogP contribution in [0.1, 0.15) is 19.4 Å². The van der Waals surface area contributed by atoms with Crippen LogP contribution in [0.5, 0.6) is 11.5 Å². The molecule has 0 unspecified atom stereocenters. The summed E-state index contributed by atoms with van der Waals surface area (Å²) in [5, 5.41) is 0. The summed E-state index contributed by atoms with van der Waals surface area (Å²) in [6.07, 6.45) is 3.99. The van der Waals surface area contributed by atoms with Crippen molar-refractivity contribution in [3.63, 3.8) is 0 Å². The number of hydrogen-bond acceptors (Lipinski definition) is 2. The minimum atomic E-state index is 0.677. The third-order valence-electron chi connectivity index (χ3n) is 1.86. The van der Waals surface area contributed by atoms with Gasteiger partial charge in [0.25, 0.3) is 0 Å². The molecule has 76 valence electrons. The van der Waals surface area contributed by atoms with E-state index in [9.17, 15) is 0 Å². The standard InChI is InChI=1S/C12H16O2/c1-4-6-10-9-11(13-3)7-8-12(10)14-5-2/h4,6-9H,5H2,1-3H3. The Morgan fingerprint density at radius 2 is 2.14 bits per heavy atom. The molecule has 0 aliphatic carbocycles. The highest BCUT2D eigenvalue weighted by Gasteiger charge is 2.01. The van der Waals surface area contributed by atoms with Crippen molar-refractivity contribution in [2.24, 2.45) is 0 Å². The second-order valence-electron chi connectivity index (χ2n) is 2.84. The van der Waals surface area contributed by atoms with Gasteiger partial charge >= 0.3 is 0 Å². The highest BCUT2D eigenvalue weighted by molar-refractivity contribution is 5.59. The molecule has 0 fully saturated rings. The van der Waals surface area contributed by atoms with Gasteiger partial charge in [-0.25, -0.2) is 0 Å². The van der Waals surface area contributed by atoms with E-state index in [1.54, 1.807) is 7.11 Å². The first-order valence-electron chi connectivity index (χ1n) is 4.75. The predicted molar refractivity (Wildman–Crippen MR) is 58.9 cm³/mol. The molecule has 0 radical (unpaired) electrons. The van der Waals surface area contributed by atoms with E-state index in [-0.39, 0.29) is 0 Å². The van der Waals surface area contributed by atoms with Gasteiger partial charge in [0.1, 0.15) is 11.5 Å². The summed E-state index contributed by atoms with van der Waals surface area (Å²) in [6, 6.07) is 5.79. The number of hydrogen-bond donors (Lipinski definition) is 0. The molecule has 0 heterocycles. The molecule has 0 bridgehead atoms. The average Bonchev–Trinajstić information content (AvgIpc) is 2.21. The second-order valence-corrected chi connectivity index (χ2v) is 2.84. The lowest BCUT2D eigenvalue weighted by molar-refractivity contribution is 0.338. The molecular weight excluding hydrogens is 176 g/mol. The largest absolute Gasteiger partial charge is 0.497 e. The SMILES string of the molecule is CC=Cc1cc(OC)ccc1OCC. The van der Waals surface area contributed by atoms with Gasteiger partial charge in [-0.05, 0) is 32.0 Å². The van der Waals surface area contributed by atoms with Crippen LogP contribution in [0.25, 0.3) is 6.08 Å². The van der Waals surface area contributed by atoms with Crippen molar-refractivity contribution in [2.75, 3.05) is 13.7 Å². The Balaban J connectivity index is 3.03. The number of methoxy groups -OCH3 is 1. The number of allylic oxidation sites excluding steroid dienone is 1. The molecule has 1 aromatic rings. The Hall–Kier alpha value is -1.44. The Labute approximate surface area is 85.2 Å². The normalized spacial score (nSPS) is 10.5. The zero-order valence-electron chi connectivity index (χ0n) is 8.91. The average molecular weight is 192 g/mol. The number of benzene rings is 1. The molecule has 0 saturated heterocycles. The van der Waals surface area contributed by atoms with E-state index in [2.05, 4.69) is 0 Å². The molecule has 1 aromatic carbocycles. The summed E-state index contributed by atoms with van der Waals surface area (Å²) >= 11 is 0. The van der Waals surface area contributed by atoms with E-state index in [0.717, 1.165) is 17.1 Å². The van der Waals surface area contributed by atoms with Crippen molar-refractivity contribution in [1.82, 2.24) is 0 Å². The Morgan fingerprint density at radius 1 is 1.36 bits per heavy atom. The Morgan fingerprint density at radius 3 is 2.71 bits per heavy atom. The van der Waals surface area contributed by atoms with Crippen molar-refractivity contribution in [3.05, 3.63) is 29.8 Å². The summed E-state index contributed by atoms with van der Waals surface area (Å²) in [6.45, 7) is 4.63. The highest BCUT2D eigenvalue weighted by atomic mass is 16.5. The molecule has 0 aliphatic rings. The Bertz CT molecular complexity index is 316. The van der Waals surface area contributed by atoms with Crippen LogP contribution in [0.3, 0.4) is 0 Å². The van der Waals surface area contributed by atoms with E-state index in [1.165, 1.54) is 0 Å². The van der Waals surface area contributed by atoms with Gasteiger partial charge < -0.3 is 9.47 Å². The fraction of sp³-hybridized carbons (Fsp3) is 0.333. The maximum atomic E-state index is 5.48. The van der Waals surface area contributed by atoms with Crippen LogP contribution >= 0.6 is 0 Å². The van der Waals surface area contributed by atoms with E-state index in [1.807, 2.05) is 44.2 Å². The zero-order valence-corrected chi connectivity index (χ0v) is 8.91. The summed E-state index contributed by atoms with van der Waals surface area (Å²) in [7, 11) is 1.66. The predicted octanol–water partition coefficient (Wildman–Crippen LogP) is 3.13. The molecule has 0 atom stereocenters. The first kappa shape index (κ1) is 10.6. The van der Waals surface area contributed by atoms with E-state index in [4.69, 9.17) is 9.47 Å². The Kier molecular flexibility index (Phi) is 4.05. The molecule has 0 amide bonds. The summed E-state index contributed by atoms with van der Waals surface area (Å²) < 4.78 is 10.6. The van der Waals surface area contributed by atoms with Crippen molar-refractivity contribution >= 4 is 6.08 Å². The molecule has 0 aliphatic heterocycles. The van der Waals surface area contributed by atoms with E-state index >= 15 is 0 Å².